The van der Waals surface area contributed by atoms with Crippen LogP contribution in [0.1, 0.15) is 18.1 Å². The largest absolute Gasteiger partial charge is 0.340 e. The molecule has 6 heteroatoms. The monoisotopic (exact) mass is 374 g/mol. The summed E-state index contributed by atoms with van der Waals surface area (Å²) in [6, 6.07) is 18.8. The Morgan fingerprint density at radius 3 is 2.39 bits per heavy atom. The van der Waals surface area contributed by atoms with Crippen LogP contribution in [0.2, 0.25) is 0 Å². The lowest BCUT2D eigenvalue weighted by Gasteiger charge is -2.10. The highest BCUT2D eigenvalue weighted by molar-refractivity contribution is 5.92. The molecule has 6 nitrogen and oxygen atoms in total. The number of benzene rings is 2. The summed E-state index contributed by atoms with van der Waals surface area (Å²) in [5, 5.41) is 8.77. The van der Waals surface area contributed by atoms with Gasteiger partial charge in [0.05, 0.1) is 18.3 Å². The molecule has 3 N–H and O–H groups in total. The van der Waals surface area contributed by atoms with E-state index in [1.54, 1.807) is 18.3 Å². The Hall–Kier alpha value is -3.67. The van der Waals surface area contributed by atoms with Crippen LogP contribution in [0.15, 0.2) is 66.9 Å². The molecule has 0 atom stereocenters. The second kappa shape index (κ2) is 8.81. The van der Waals surface area contributed by atoms with Crippen molar-refractivity contribution >= 4 is 34.7 Å². The predicted molar refractivity (Wildman–Crippen MR) is 112 cm³/mol. The zero-order chi connectivity index (χ0) is 19.9. The van der Waals surface area contributed by atoms with Gasteiger partial charge < -0.3 is 16.0 Å². The number of carbonyl (C=O) groups is 2. The summed E-state index contributed by atoms with van der Waals surface area (Å²) in [7, 11) is 0. The van der Waals surface area contributed by atoms with E-state index in [1.807, 2.05) is 55.5 Å². The fourth-order valence-electron chi connectivity index (χ4n) is 2.75. The molecule has 0 aliphatic rings. The molecule has 1 aromatic heterocycles. The number of aryl methyl sites for hydroxylation is 1. The van der Waals surface area contributed by atoms with E-state index in [0.717, 1.165) is 16.8 Å². The van der Waals surface area contributed by atoms with Gasteiger partial charge in [-0.1, -0.05) is 30.3 Å². The van der Waals surface area contributed by atoms with Gasteiger partial charge in [0.1, 0.15) is 5.82 Å². The van der Waals surface area contributed by atoms with Crippen LogP contribution in [-0.4, -0.2) is 16.8 Å². The summed E-state index contributed by atoms with van der Waals surface area (Å²) in [4.78, 5) is 27.7. The first-order chi connectivity index (χ1) is 13.5. The third kappa shape index (κ3) is 5.41. The van der Waals surface area contributed by atoms with Crippen molar-refractivity contribution in [2.24, 2.45) is 0 Å². The van der Waals surface area contributed by atoms with Crippen LogP contribution < -0.4 is 16.0 Å². The number of pyridine rings is 1. The number of hydrogen-bond donors (Lipinski definition) is 3. The summed E-state index contributed by atoms with van der Waals surface area (Å²) >= 11 is 0. The lowest BCUT2D eigenvalue weighted by Crippen LogP contribution is -2.15. The predicted octanol–water partition coefficient (Wildman–Crippen LogP) is 4.27. The molecule has 142 valence electrons. The second-order valence-corrected chi connectivity index (χ2v) is 6.47. The van der Waals surface area contributed by atoms with E-state index in [4.69, 9.17) is 0 Å². The summed E-state index contributed by atoms with van der Waals surface area (Å²) in [6.45, 7) is 3.46. The molecule has 0 aliphatic heterocycles. The van der Waals surface area contributed by atoms with E-state index in [1.165, 1.54) is 6.92 Å². The van der Waals surface area contributed by atoms with Gasteiger partial charge in [0.25, 0.3) is 0 Å². The van der Waals surface area contributed by atoms with Crippen LogP contribution >= 0.6 is 0 Å². The number of nitrogens with zero attached hydrogens (tertiary/aromatic N) is 1. The fraction of sp³-hybridized carbons (Fsp3) is 0.136. The molecule has 0 bridgehead atoms. The first-order valence-electron chi connectivity index (χ1n) is 8.95. The standard InChI is InChI=1S/C22H22N4O2/c1-15-6-3-4-7-17(15)12-22(28)26-20-10-11-21(23-14-20)25-19-9-5-8-18(13-19)24-16(2)27/h3-11,13-14H,12H2,1-2H3,(H,23,25)(H,24,27)(H,26,28). The maximum Gasteiger partial charge on any atom is 0.228 e. The van der Waals surface area contributed by atoms with Gasteiger partial charge in [0, 0.05) is 18.3 Å². The van der Waals surface area contributed by atoms with Crippen LogP contribution in [0.3, 0.4) is 0 Å². The SMILES string of the molecule is CC(=O)Nc1cccc(Nc2ccc(NC(=O)Cc3ccccc3C)cn2)c1. The number of rotatable bonds is 6. The molecule has 3 rings (SSSR count). The van der Waals surface area contributed by atoms with E-state index in [9.17, 15) is 9.59 Å². The molecule has 0 spiro atoms. The zero-order valence-corrected chi connectivity index (χ0v) is 15.8. The smallest absolute Gasteiger partial charge is 0.228 e. The van der Waals surface area contributed by atoms with Gasteiger partial charge in [-0.3, -0.25) is 9.59 Å². The van der Waals surface area contributed by atoms with Gasteiger partial charge in [-0.25, -0.2) is 4.98 Å². The van der Waals surface area contributed by atoms with E-state index < -0.39 is 0 Å². The fourth-order valence-corrected chi connectivity index (χ4v) is 2.75. The van der Waals surface area contributed by atoms with E-state index in [0.29, 0.717) is 23.6 Å². The molecule has 2 amide bonds. The minimum absolute atomic E-state index is 0.0835. The molecule has 2 aromatic carbocycles. The summed E-state index contributed by atoms with van der Waals surface area (Å²) in [5.74, 6) is 0.428. The lowest BCUT2D eigenvalue weighted by molar-refractivity contribution is -0.116. The highest BCUT2D eigenvalue weighted by atomic mass is 16.2. The zero-order valence-electron chi connectivity index (χ0n) is 15.8. The van der Waals surface area contributed by atoms with E-state index in [-0.39, 0.29) is 11.8 Å². The molecule has 3 aromatic rings. The van der Waals surface area contributed by atoms with Crippen molar-refractivity contribution in [1.29, 1.82) is 0 Å². The first kappa shape index (κ1) is 19.1. The maximum atomic E-state index is 12.2. The van der Waals surface area contributed by atoms with Crippen molar-refractivity contribution in [3.8, 4) is 0 Å². The highest BCUT2D eigenvalue weighted by Crippen LogP contribution is 2.20. The van der Waals surface area contributed by atoms with Gasteiger partial charge in [-0.2, -0.15) is 0 Å². The van der Waals surface area contributed by atoms with Crippen LogP contribution in [0.25, 0.3) is 0 Å². The van der Waals surface area contributed by atoms with Gasteiger partial charge in [-0.15, -0.1) is 0 Å². The molecule has 0 saturated heterocycles. The van der Waals surface area contributed by atoms with Crippen molar-refractivity contribution in [3.63, 3.8) is 0 Å². The van der Waals surface area contributed by atoms with Gasteiger partial charge in [-0.05, 0) is 48.4 Å². The highest BCUT2D eigenvalue weighted by Gasteiger charge is 2.07. The van der Waals surface area contributed by atoms with E-state index >= 15 is 0 Å². The average Bonchev–Trinajstić information content (AvgIpc) is 2.65. The molecule has 1 heterocycles. The summed E-state index contributed by atoms with van der Waals surface area (Å²) < 4.78 is 0. The number of anilines is 4. The van der Waals surface area contributed by atoms with Crippen LogP contribution in [0.5, 0.6) is 0 Å². The quantitative estimate of drug-likeness (QED) is 0.602. The Kier molecular flexibility index (Phi) is 6.01. The number of nitrogens with one attached hydrogen (secondary N) is 3. The Bertz CT molecular complexity index is 984. The van der Waals surface area contributed by atoms with Crippen molar-refractivity contribution in [1.82, 2.24) is 4.98 Å². The van der Waals surface area contributed by atoms with Crippen molar-refractivity contribution in [2.45, 2.75) is 20.3 Å². The minimum atomic E-state index is -0.124. The summed E-state index contributed by atoms with van der Waals surface area (Å²) in [6.07, 6.45) is 1.93. The van der Waals surface area contributed by atoms with Crippen LogP contribution in [0, 0.1) is 6.92 Å². The second-order valence-electron chi connectivity index (χ2n) is 6.47. The normalized spacial score (nSPS) is 10.2. The van der Waals surface area contributed by atoms with Gasteiger partial charge in [0.2, 0.25) is 11.8 Å². The van der Waals surface area contributed by atoms with Crippen molar-refractivity contribution in [2.75, 3.05) is 16.0 Å². The van der Waals surface area contributed by atoms with E-state index in [2.05, 4.69) is 20.9 Å². The number of hydrogen-bond acceptors (Lipinski definition) is 4. The minimum Gasteiger partial charge on any atom is -0.340 e. The molecular weight excluding hydrogens is 352 g/mol. The van der Waals surface area contributed by atoms with Crippen molar-refractivity contribution < 1.29 is 9.59 Å². The Morgan fingerprint density at radius 1 is 0.893 bits per heavy atom. The first-order valence-corrected chi connectivity index (χ1v) is 8.95. The Labute approximate surface area is 164 Å². The third-order valence-corrected chi connectivity index (χ3v) is 4.11. The Balaban J connectivity index is 1.60. The van der Waals surface area contributed by atoms with Gasteiger partial charge >= 0.3 is 0 Å². The number of amides is 2. The topological polar surface area (TPSA) is 83.1 Å². The van der Waals surface area contributed by atoms with Crippen LogP contribution in [-0.2, 0) is 16.0 Å². The number of aromatic nitrogens is 1. The van der Waals surface area contributed by atoms with Crippen LogP contribution in [0.4, 0.5) is 22.9 Å². The Morgan fingerprint density at radius 2 is 1.68 bits per heavy atom. The molecular formula is C22H22N4O2. The molecule has 28 heavy (non-hydrogen) atoms. The summed E-state index contributed by atoms with van der Waals surface area (Å²) in [5.41, 5.74) is 4.24. The van der Waals surface area contributed by atoms with Gasteiger partial charge in [0.15, 0.2) is 0 Å². The maximum absolute atomic E-state index is 12.2. The molecule has 0 saturated carbocycles. The third-order valence-electron chi connectivity index (χ3n) is 4.11. The lowest BCUT2D eigenvalue weighted by atomic mass is 10.1. The molecule has 0 fully saturated rings. The molecule has 0 radical (unpaired) electrons. The van der Waals surface area contributed by atoms with Crippen molar-refractivity contribution in [3.05, 3.63) is 78.0 Å². The number of carbonyl (C=O) groups excluding carboxylic acids is 2. The average molecular weight is 374 g/mol. The molecule has 0 aliphatic carbocycles. The molecule has 0 unspecified atom stereocenters.